The molecular formula is C14H10ClF3N2O. The number of anilines is 1. The van der Waals surface area contributed by atoms with Gasteiger partial charge in [0.25, 0.3) is 0 Å². The van der Waals surface area contributed by atoms with Crippen LogP contribution in [0, 0.1) is 0 Å². The summed E-state index contributed by atoms with van der Waals surface area (Å²) in [6, 6.07) is 9.27. The number of hydrogen-bond acceptors (Lipinski definition) is 3. The van der Waals surface area contributed by atoms with Crippen LogP contribution in [0.4, 0.5) is 18.9 Å². The zero-order valence-electron chi connectivity index (χ0n) is 10.5. The highest BCUT2D eigenvalue weighted by molar-refractivity contribution is 6.35. The summed E-state index contributed by atoms with van der Waals surface area (Å²) >= 11 is 5.88. The smallest absolute Gasteiger partial charge is 0.324 e. The van der Waals surface area contributed by atoms with Crippen molar-refractivity contribution in [2.45, 2.75) is 6.18 Å². The number of nitrogen functional groups attached to an aromatic ring is 1. The van der Waals surface area contributed by atoms with Crippen LogP contribution in [0.1, 0.15) is 21.5 Å². The molecule has 3 nitrogen and oxygen atoms in total. The van der Waals surface area contributed by atoms with Gasteiger partial charge < -0.3 is 5.43 Å². The normalized spacial score (nSPS) is 11.3. The van der Waals surface area contributed by atoms with Crippen LogP contribution < -0.4 is 11.3 Å². The second kappa shape index (κ2) is 5.75. The molecule has 0 saturated heterocycles. The minimum Gasteiger partial charge on any atom is -0.324 e. The highest BCUT2D eigenvalue weighted by Crippen LogP contribution is 2.35. The average Bonchev–Trinajstić information content (AvgIpc) is 2.45. The van der Waals surface area contributed by atoms with Crippen molar-refractivity contribution in [3.63, 3.8) is 0 Å². The summed E-state index contributed by atoms with van der Waals surface area (Å²) in [5.74, 6) is 4.46. The van der Waals surface area contributed by atoms with Crippen LogP contribution in [0.2, 0.25) is 5.02 Å². The van der Waals surface area contributed by atoms with E-state index >= 15 is 0 Å². The fourth-order valence-corrected chi connectivity index (χ4v) is 2.07. The Balaban J connectivity index is 2.51. The summed E-state index contributed by atoms with van der Waals surface area (Å²) in [6.07, 6.45) is -4.63. The molecule has 0 saturated carbocycles. The van der Waals surface area contributed by atoms with E-state index in [9.17, 15) is 18.0 Å². The first kappa shape index (κ1) is 15.3. The highest BCUT2D eigenvalue weighted by atomic mass is 35.5. The minimum absolute atomic E-state index is 0.116. The molecule has 2 aromatic carbocycles. The maximum absolute atomic E-state index is 12.9. The number of ketones is 1. The standard InChI is InChI=1S/C14H10ClF3N2O/c15-11-4-2-1-3-9(11)13(21)8-5-6-12(20-19)10(7-8)14(16,17)18/h1-7,20H,19H2. The molecule has 0 atom stereocenters. The van der Waals surface area contributed by atoms with Crippen molar-refractivity contribution in [3.8, 4) is 0 Å². The lowest BCUT2D eigenvalue weighted by atomic mass is 10.00. The predicted molar refractivity (Wildman–Crippen MR) is 74.1 cm³/mol. The maximum Gasteiger partial charge on any atom is 0.418 e. The molecule has 3 N–H and O–H groups in total. The molecule has 0 spiro atoms. The van der Waals surface area contributed by atoms with Gasteiger partial charge in [-0.3, -0.25) is 10.6 Å². The van der Waals surface area contributed by atoms with Gasteiger partial charge in [-0.1, -0.05) is 23.7 Å². The van der Waals surface area contributed by atoms with E-state index in [4.69, 9.17) is 17.4 Å². The fraction of sp³-hybridized carbons (Fsp3) is 0.0714. The Morgan fingerprint density at radius 2 is 1.81 bits per heavy atom. The van der Waals surface area contributed by atoms with E-state index in [1.165, 1.54) is 18.2 Å². The number of hydrazine groups is 1. The average molecular weight is 315 g/mol. The third kappa shape index (κ3) is 3.17. The first-order chi connectivity index (χ1) is 9.84. The third-order valence-corrected chi connectivity index (χ3v) is 3.19. The van der Waals surface area contributed by atoms with Crippen LogP contribution in [0.25, 0.3) is 0 Å². The number of benzene rings is 2. The van der Waals surface area contributed by atoms with Gasteiger partial charge in [-0.05, 0) is 30.3 Å². The van der Waals surface area contributed by atoms with Gasteiger partial charge in [0.2, 0.25) is 0 Å². The van der Waals surface area contributed by atoms with E-state index in [2.05, 4.69) is 0 Å². The Morgan fingerprint density at radius 3 is 2.38 bits per heavy atom. The quantitative estimate of drug-likeness (QED) is 0.513. The molecule has 0 aromatic heterocycles. The van der Waals surface area contributed by atoms with E-state index in [1.807, 2.05) is 5.43 Å². The summed E-state index contributed by atoms with van der Waals surface area (Å²) < 4.78 is 38.8. The Kier molecular flexibility index (Phi) is 4.20. The van der Waals surface area contributed by atoms with Crippen molar-refractivity contribution < 1.29 is 18.0 Å². The first-order valence-electron chi connectivity index (χ1n) is 5.81. The molecule has 0 aliphatic heterocycles. The Bertz CT molecular complexity index is 686. The molecule has 7 heteroatoms. The van der Waals surface area contributed by atoms with E-state index in [0.717, 1.165) is 12.1 Å². The van der Waals surface area contributed by atoms with E-state index in [-0.39, 0.29) is 21.8 Å². The molecule has 2 rings (SSSR count). The van der Waals surface area contributed by atoms with E-state index < -0.39 is 17.5 Å². The molecule has 0 unspecified atom stereocenters. The summed E-state index contributed by atoms with van der Waals surface area (Å²) in [5.41, 5.74) is 0.667. The van der Waals surface area contributed by atoms with Crippen molar-refractivity contribution in [1.82, 2.24) is 0 Å². The fourth-order valence-electron chi connectivity index (χ4n) is 1.85. The molecule has 110 valence electrons. The topological polar surface area (TPSA) is 55.1 Å². The summed E-state index contributed by atoms with van der Waals surface area (Å²) in [6.45, 7) is 0. The second-order valence-electron chi connectivity index (χ2n) is 4.21. The SMILES string of the molecule is NNc1ccc(C(=O)c2ccccc2Cl)cc1C(F)(F)F. The largest absolute Gasteiger partial charge is 0.418 e. The second-order valence-corrected chi connectivity index (χ2v) is 4.62. The maximum atomic E-state index is 12.9. The monoisotopic (exact) mass is 314 g/mol. The lowest BCUT2D eigenvalue weighted by Gasteiger charge is -2.13. The minimum atomic E-state index is -4.63. The molecule has 21 heavy (non-hydrogen) atoms. The molecular weight excluding hydrogens is 305 g/mol. The molecule has 2 aromatic rings. The highest BCUT2D eigenvalue weighted by Gasteiger charge is 2.34. The van der Waals surface area contributed by atoms with Gasteiger partial charge in [0.05, 0.1) is 16.3 Å². The van der Waals surface area contributed by atoms with Gasteiger partial charge in [0, 0.05) is 11.1 Å². The summed E-state index contributed by atoms with van der Waals surface area (Å²) in [4.78, 5) is 12.2. The van der Waals surface area contributed by atoms with Gasteiger partial charge in [0.1, 0.15) is 0 Å². The van der Waals surface area contributed by atoms with Crippen molar-refractivity contribution in [1.29, 1.82) is 0 Å². The van der Waals surface area contributed by atoms with Gasteiger partial charge in [-0.2, -0.15) is 13.2 Å². The van der Waals surface area contributed by atoms with Crippen LogP contribution in [0.15, 0.2) is 42.5 Å². The van der Waals surface area contributed by atoms with E-state index in [0.29, 0.717) is 0 Å². The van der Waals surface area contributed by atoms with Crippen molar-refractivity contribution in [2.75, 3.05) is 5.43 Å². The summed E-state index contributed by atoms with van der Waals surface area (Å²) in [7, 11) is 0. The molecule has 0 fully saturated rings. The number of rotatable bonds is 3. The Labute approximate surface area is 123 Å². The van der Waals surface area contributed by atoms with Crippen LogP contribution in [-0.2, 0) is 6.18 Å². The Hall–Kier alpha value is -2.05. The first-order valence-corrected chi connectivity index (χ1v) is 6.19. The van der Waals surface area contributed by atoms with Gasteiger partial charge in [-0.15, -0.1) is 0 Å². The number of carbonyl (C=O) groups excluding carboxylic acids is 1. The van der Waals surface area contributed by atoms with Crippen LogP contribution >= 0.6 is 11.6 Å². The van der Waals surface area contributed by atoms with Gasteiger partial charge >= 0.3 is 6.18 Å². The van der Waals surface area contributed by atoms with Crippen molar-refractivity contribution >= 4 is 23.1 Å². The van der Waals surface area contributed by atoms with E-state index in [1.54, 1.807) is 12.1 Å². The summed E-state index contributed by atoms with van der Waals surface area (Å²) in [5, 5.41) is 0.178. The number of halogens is 4. The number of nitrogens with two attached hydrogens (primary N) is 1. The zero-order valence-corrected chi connectivity index (χ0v) is 11.3. The van der Waals surface area contributed by atoms with Gasteiger partial charge in [-0.25, -0.2) is 0 Å². The lowest BCUT2D eigenvalue weighted by Crippen LogP contribution is -2.16. The van der Waals surface area contributed by atoms with Gasteiger partial charge in [0.15, 0.2) is 5.78 Å². The molecule has 0 bridgehead atoms. The van der Waals surface area contributed by atoms with Crippen molar-refractivity contribution in [2.24, 2.45) is 5.84 Å². The van der Waals surface area contributed by atoms with Crippen LogP contribution in [0.5, 0.6) is 0 Å². The predicted octanol–water partition coefficient (Wildman–Crippen LogP) is 3.88. The van der Waals surface area contributed by atoms with Crippen LogP contribution in [-0.4, -0.2) is 5.78 Å². The molecule has 0 aliphatic rings. The number of carbonyl (C=O) groups is 1. The lowest BCUT2D eigenvalue weighted by molar-refractivity contribution is -0.137. The molecule has 0 heterocycles. The number of alkyl halides is 3. The molecule has 0 radical (unpaired) electrons. The molecule has 0 aliphatic carbocycles. The zero-order chi connectivity index (χ0) is 15.6. The Morgan fingerprint density at radius 1 is 1.14 bits per heavy atom. The molecule has 0 amide bonds. The number of hydrogen-bond donors (Lipinski definition) is 2. The third-order valence-electron chi connectivity index (χ3n) is 2.86. The number of nitrogens with one attached hydrogen (secondary N) is 1. The van der Waals surface area contributed by atoms with Crippen molar-refractivity contribution in [3.05, 3.63) is 64.2 Å². The van der Waals surface area contributed by atoms with Crippen LogP contribution in [0.3, 0.4) is 0 Å².